The molecule has 0 unspecified atom stereocenters. The van der Waals surface area contributed by atoms with Crippen LogP contribution in [-0.4, -0.2) is 121 Å². The molecule has 70 heavy (non-hydrogen) atoms. The molecule has 0 spiro atoms. The molecule has 4 aliphatic heterocycles. The van der Waals surface area contributed by atoms with Crippen LogP contribution < -0.4 is 17.2 Å². The van der Waals surface area contributed by atoms with Crippen LogP contribution in [0.15, 0.2) is 65.3 Å². The third-order valence-corrected chi connectivity index (χ3v) is 14.1. The molecule has 2 aromatic carbocycles. The van der Waals surface area contributed by atoms with Gasteiger partial charge in [0.2, 0.25) is 12.3 Å². The van der Waals surface area contributed by atoms with Gasteiger partial charge in [-0.15, -0.1) is 0 Å². The molecule has 6 atom stereocenters. The molecule has 380 valence electrons. The molecular weight excluding hydrogens is 895 g/mol. The number of nitrogens with zero attached hydrogens (tertiary/aromatic N) is 4. The molecule has 6 fully saturated rings. The Labute approximate surface area is 410 Å². The maximum absolute atomic E-state index is 13.4. The molecule has 2 aliphatic carbocycles. The summed E-state index contributed by atoms with van der Waals surface area (Å²) in [4.78, 5) is 62.5. The number of piperidine rings is 2. The Balaban J connectivity index is 0.000000308. The SMILES string of the molecule is CC.CN1[C@H](c2ncc(-c3ccc4oc(-c5ccc(-c6cnc([C@@H]7C[C@H]8C[C@H]8N7C(=O)CC7CCOCC7)[nH]6)cc5)cc4c3)[nH]2)C[C@H]2C[C@]21N.COC.COC(N)=O.NC=O.O=CCC1CCOCC1. The molecule has 0 bridgehead atoms. The van der Waals surface area contributed by atoms with Gasteiger partial charge in [-0.2, -0.15) is 0 Å². The van der Waals surface area contributed by atoms with Crippen LogP contribution in [0.4, 0.5) is 4.79 Å². The van der Waals surface area contributed by atoms with Crippen LogP contribution in [0.3, 0.4) is 0 Å². The highest BCUT2D eigenvalue weighted by molar-refractivity contribution is 5.87. The monoisotopic (exact) mass is 968 g/mol. The summed E-state index contributed by atoms with van der Waals surface area (Å²) in [7, 11) is 6.59. The zero-order valence-corrected chi connectivity index (χ0v) is 41.6. The highest BCUT2D eigenvalue weighted by Crippen LogP contribution is 2.58. The fourth-order valence-corrected chi connectivity index (χ4v) is 10.0. The number of ether oxygens (including phenoxy) is 4. The van der Waals surface area contributed by atoms with Gasteiger partial charge in [-0.05, 0) is 112 Å². The number of H-pyrrole nitrogens is 2. The summed E-state index contributed by atoms with van der Waals surface area (Å²) in [6.07, 6.45) is 14.1. The maximum Gasteiger partial charge on any atom is 0.404 e. The summed E-state index contributed by atoms with van der Waals surface area (Å²) in [6, 6.07) is 17.4. The Morgan fingerprint density at radius 1 is 0.814 bits per heavy atom. The number of nitrogens with two attached hydrogens (primary N) is 3. The van der Waals surface area contributed by atoms with Crippen LogP contribution in [0.1, 0.15) is 102 Å². The largest absolute Gasteiger partial charge is 0.456 e. The van der Waals surface area contributed by atoms with E-state index in [0.717, 1.165) is 147 Å². The Bertz CT molecular complexity index is 2440. The van der Waals surface area contributed by atoms with Crippen molar-refractivity contribution in [2.75, 3.05) is 54.8 Å². The first-order chi connectivity index (χ1) is 33.9. The van der Waals surface area contributed by atoms with Gasteiger partial charge in [0.05, 0.1) is 48.6 Å². The number of primary amides is 2. The zero-order chi connectivity index (χ0) is 50.4. The van der Waals surface area contributed by atoms with Gasteiger partial charge < -0.3 is 60.2 Å². The molecule has 3 amide bonds. The number of benzene rings is 2. The number of amides is 3. The lowest BCUT2D eigenvalue weighted by molar-refractivity contribution is -0.135. The van der Waals surface area contributed by atoms with Gasteiger partial charge in [0.25, 0.3) is 0 Å². The Kier molecular flexibility index (Phi) is 19.3. The van der Waals surface area contributed by atoms with Gasteiger partial charge in [0.15, 0.2) is 0 Å². The van der Waals surface area contributed by atoms with Crippen LogP contribution >= 0.6 is 0 Å². The van der Waals surface area contributed by atoms with Crippen molar-refractivity contribution in [3.63, 3.8) is 0 Å². The van der Waals surface area contributed by atoms with Gasteiger partial charge in [-0.3, -0.25) is 14.5 Å². The molecule has 2 saturated carbocycles. The number of hydrogen-bond acceptors (Lipinski definition) is 13. The predicted molar refractivity (Wildman–Crippen MR) is 267 cm³/mol. The van der Waals surface area contributed by atoms with E-state index in [1.54, 1.807) is 14.2 Å². The lowest BCUT2D eigenvalue weighted by atomic mass is 9.95. The number of aromatic amines is 2. The standard InChI is InChI=1S/C38H41N7O3.C7H12O2.C2H5NO2.C2H6O.C2H6.CH3NO/c1-44-31(17-27-18-38(27,44)39)36-40-20-29(43-36)24-6-7-33-26(13-24)16-34(48-33)23-4-2-22(3-5-23)28-19-41-37(42-28)32-15-25-14-30(25)45(32)35(46)12-21-8-10-47-11-9-21;8-4-1-7-2-5-9-6-3-7;1-5-2(3)4;1-3-2;1-2;2-1-3/h2-7,13,16,19-21,25,27,30-32H,8-12,14-15,17-18,39H2,1H3,(H,40,43)(H,41,42);4,7H,1-3,5-6H2;1H3,(H2,3,4);1-2H3;1-2H3;1H,(H2,2,3)/t25-,27+,30-,31+,32+,38-;;;;;/m1...../s1. The van der Waals surface area contributed by atoms with Gasteiger partial charge in [-0.25, -0.2) is 14.8 Å². The van der Waals surface area contributed by atoms with Crippen molar-refractivity contribution in [2.24, 2.45) is 40.9 Å². The molecular formula is C52H73N9O9. The Morgan fingerprint density at radius 3 is 1.91 bits per heavy atom. The molecule has 18 heteroatoms. The van der Waals surface area contributed by atoms with Crippen molar-refractivity contribution in [1.82, 2.24) is 29.7 Å². The molecule has 5 aromatic rings. The number of fused-ring (bicyclic) bond motifs is 3. The first-order valence-corrected chi connectivity index (χ1v) is 24.5. The summed E-state index contributed by atoms with van der Waals surface area (Å²) in [5.41, 5.74) is 20.9. The number of aromatic nitrogens is 4. The van der Waals surface area contributed by atoms with E-state index in [2.05, 4.69) is 90.2 Å². The molecule has 0 radical (unpaired) electrons. The highest BCUT2D eigenvalue weighted by Gasteiger charge is 2.62. The maximum atomic E-state index is 13.4. The average molecular weight is 968 g/mol. The quantitative estimate of drug-likeness (QED) is 0.0897. The number of aldehydes is 1. The van der Waals surface area contributed by atoms with Crippen molar-refractivity contribution in [3.05, 3.63) is 72.6 Å². The van der Waals surface area contributed by atoms with E-state index in [-0.39, 0.29) is 30.1 Å². The van der Waals surface area contributed by atoms with Gasteiger partial charge in [0, 0.05) is 76.0 Å². The van der Waals surface area contributed by atoms with E-state index >= 15 is 0 Å². The number of nitrogens with one attached hydrogen (secondary N) is 2. The van der Waals surface area contributed by atoms with Crippen LogP contribution in [0, 0.1) is 23.7 Å². The number of rotatable bonds is 9. The van der Waals surface area contributed by atoms with Crippen molar-refractivity contribution < 1.29 is 42.5 Å². The summed E-state index contributed by atoms with van der Waals surface area (Å²) in [5, 5.41) is 1.05. The number of hydrogen-bond donors (Lipinski definition) is 5. The van der Waals surface area contributed by atoms with Crippen molar-refractivity contribution in [1.29, 1.82) is 0 Å². The Hall–Kier alpha value is -5.92. The van der Waals surface area contributed by atoms with E-state index in [1.807, 2.05) is 32.3 Å². The first kappa shape index (κ1) is 53.4. The third kappa shape index (κ3) is 13.1. The highest BCUT2D eigenvalue weighted by atomic mass is 16.5. The van der Waals surface area contributed by atoms with Crippen molar-refractivity contribution in [3.8, 4) is 33.8 Å². The topological polar surface area (TPSA) is 260 Å². The van der Waals surface area contributed by atoms with Crippen molar-refractivity contribution >= 4 is 35.7 Å². The molecule has 11 rings (SSSR count). The molecule has 8 N–H and O–H groups in total. The lowest BCUT2D eigenvalue weighted by Gasteiger charge is -2.29. The number of imidazole rings is 2. The average Bonchev–Trinajstić information content (AvgIpc) is 3.79. The van der Waals surface area contributed by atoms with E-state index in [0.29, 0.717) is 36.1 Å². The van der Waals surface area contributed by atoms with Crippen LogP contribution in [0.5, 0.6) is 0 Å². The van der Waals surface area contributed by atoms with Gasteiger partial charge in [0.1, 0.15) is 29.3 Å². The van der Waals surface area contributed by atoms with E-state index in [4.69, 9.17) is 34.4 Å². The number of carbonyl (C=O) groups is 4. The number of carbonyl (C=O) groups excluding carboxylic acids is 4. The van der Waals surface area contributed by atoms with Crippen LogP contribution in [-0.2, 0) is 33.3 Å². The van der Waals surface area contributed by atoms with Crippen molar-refractivity contribution in [2.45, 2.75) is 102 Å². The zero-order valence-electron chi connectivity index (χ0n) is 41.6. The minimum absolute atomic E-state index is 0.0375. The third-order valence-electron chi connectivity index (χ3n) is 14.1. The van der Waals surface area contributed by atoms with E-state index in [1.165, 1.54) is 7.11 Å². The number of furan rings is 1. The molecule has 3 aromatic heterocycles. The summed E-state index contributed by atoms with van der Waals surface area (Å²) < 4.78 is 25.1. The summed E-state index contributed by atoms with van der Waals surface area (Å²) in [6.45, 7) is 7.23. The van der Waals surface area contributed by atoms with Gasteiger partial charge >= 0.3 is 6.09 Å². The first-order valence-electron chi connectivity index (χ1n) is 24.5. The van der Waals surface area contributed by atoms with E-state index < -0.39 is 6.09 Å². The summed E-state index contributed by atoms with van der Waals surface area (Å²) >= 11 is 0. The fourth-order valence-electron chi connectivity index (χ4n) is 10.0. The van der Waals surface area contributed by atoms with Crippen LogP contribution in [0.25, 0.3) is 44.8 Å². The molecule has 4 saturated heterocycles. The predicted octanol–water partition coefficient (Wildman–Crippen LogP) is 7.51. The fraction of sp³-hybridized carbons (Fsp3) is 0.538. The second-order valence-corrected chi connectivity index (χ2v) is 18.5. The minimum atomic E-state index is -0.745. The van der Waals surface area contributed by atoms with Crippen LogP contribution in [0.2, 0.25) is 0 Å². The minimum Gasteiger partial charge on any atom is -0.456 e. The smallest absolute Gasteiger partial charge is 0.404 e. The lowest BCUT2D eigenvalue weighted by Crippen LogP contribution is -2.40. The number of likely N-dealkylation sites (tertiary alicyclic amines) is 2. The number of methoxy groups -OCH3 is 2. The normalized spacial score (nSPS) is 24.2. The molecule has 7 heterocycles. The van der Waals surface area contributed by atoms with Gasteiger partial charge in [-0.1, -0.05) is 38.1 Å². The van der Waals surface area contributed by atoms with E-state index in [9.17, 15) is 14.4 Å². The molecule has 18 nitrogen and oxygen atoms in total. The second-order valence-electron chi connectivity index (χ2n) is 18.5. The summed E-state index contributed by atoms with van der Waals surface area (Å²) in [5.74, 6) is 5.22. The Morgan fingerprint density at radius 2 is 1.36 bits per heavy atom. The second kappa shape index (κ2) is 25.3. The molecule has 6 aliphatic rings.